The van der Waals surface area contributed by atoms with Gasteiger partial charge < -0.3 is 23.4 Å². The van der Waals surface area contributed by atoms with Gasteiger partial charge in [0.15, 0.2) is 5.58 Å². The number of furan rings is 1. The molecule has 0 unspecified atom stereocenters. The summed E-state index contributed by atoms with van der Waals surface area (Å²) in [7, 11) is 0. The molecule has 0 radical (unpaired) electrons. The largest absolute Gasteiger partial charge is 0.454 e. The molecule has 3 aromatic heterocycles. The summed E-state index contributed by atoms with van der Waals surface area (Å²) in [6.07, 6.45) is 0. The minimum Gasteiger partial charge on any atom is -0.454 e. The summed E-state index contributed by atoms with van der Waals surface area (Å²) in [5.74, 6) is 0. The van der Waals surface area contributed by atoms with Crippen LogP contribution >= 0.6 is 0 Å². The van der Waals surface area contributed by atoms with Crippen molar-refractivity contribution in [1.29, 1.82) is 0 Å². The van der Waals surface area contributed by atoms with Gasteiger partial charge in [0, 0.05) is 82.6 Å². The fourth-order valence-electron chi connectivity index (χ4n) is 19.0. The molecule has 1 aliphatic carbocycles. The summed E-state index contributed by atoms with van der Waals surface area (Å²) >= 11 is 0. The van der Waals surface area contributed by atoms with Gasteiger partial charge in [0.1, 0.15) is 5.58 Å². The van der Waals surface area contributed by atoms with E-state index >= 15 is 0 Å². The fraction of sp³-hybridized carbons (Fsp3) is 0.0270. The van der Waals surface area contributed by atoms with Crippen molar-refractivity contribution >= 4 is 132 Å². The van der Waals surface area contributed by atoms with Crippen molar-refractivity contribution in [1.82, 2.24) is 9.13 Å². The smallest absolute Gasteiger partial charge is 0.159 e. The molecule has 116 heavy (non-hydrogen) atoms. The summed E-state index contributed by atoms with van der Waals surface area (Å²) in [6.45, 7) is 4.76. The first-order valence-corrected chi connectivity index (χ1v) is 40.1. The molecule has 544 valence electrons. The second kappa shape index (κ2) is 26.6. The lowest BCUT2D eigenvalue weighted by Crippen LogP contribution is -2.16. The molecular weight excluding hydrogens is 1410 g/mol. The van der Waals surface area contributed by atoms with Crippen LogP contribution in [-0.4, -0.2) is 9.13 Å². The third-order valence-electron chi connectivity index (χ3n) is 24.7. The van der Waals surface area contributed by atoms with E-state index in [2.05, 4.69) is 445 Å². The van der Waals surface area contributed by atoms with Gasteiger partial charge in [-0.05, 0) is 233 Å². The van der Waals surface area contributed by atoms with Crippen LogP contribution in [0.15, 0.2) is 417 Å². The first kappa shape index (κ1) is 66.7. The van der Waals surface area contributed by atoms with Crippen LogP contribution in [0, 0.1) is 0 Å². The maximum atomic E-state index is 6.88. The molecule has 0 saturated carbocycles. The van der Waals surface area contributed by atoms with Crippen LogP contribution in [0.3, 0.4) is 0 Å². The molecule has 1 aliphatic rings. The van der Waals surface area contributed by atoms with E-state index in [1.165, 1.54) is 126 Å². The first-order valence-electron chi connectivity index (χ1n) is 40.1. The molecule has 5 heteroatoms. The van der Waals surface area contributed by atoms with E-state index in [-0.39, 0.29) is 5.41 Å². The number of hydrogen-bond acceptors (Lipinski definition) is 3. The topological polar surface area (TPSA) is 29.5 Å². The van der Waals surface area contributed by atoms with Crippen molar-refractivity contribution in [3.63, 3.8) is 0 Å². The monoisotopic (exact) mass is 1480 g/mol. The molecule has 22 aromatic rings. The molecule has 0 atom stereocenters. The predicted octanol–water partition coefficient (Wildman–Crippen LogP) is 30.8. The lowest BCUT2D eigenvalue weighted by Gasteiger charge is -2.28. The van der Waals surface area contributed by atoms with Crippen LogP contribution in [0.25, 0.3) is 176 Å². The molecule has 0 aliphatic heterocycles. The number of anilines is 6. The maximum Gasteiger partial charge on any atom is 0.159 e. The van der Waals surface area contributed by atoms with Gasteiger partial charge in [-0.15, -0.1) is 0 Å². The predicted molar refractivity (Wildman–Crippen MR) is 489 cm³/mol. The molecule has 5 nitrogen and oxygen atoms in total. The third-order valence-corrected chi connectivity index (χ3v) is 24.7. The van der Waals surface area contributed by atoms with Crippen LogP contribution in [0.5, 0.6) is 0 Å². The van der Waals surface area contributed by atoms with Crippen LogP contribution in [0.1, 0.15) is 25.0 Å². The lowest BCUT2D eigenvalue weighted by atomic mass is 9.82. The zero-order valence-corrected chi connectivity index (χ0v) is 64.0. The fourth-order valence-corrected chi connectivity index (χ4v) is 19.0. The molecular formula is C111H74N4O. The highest BCUT2D eigenvalue weighted by atomic mass is 16.3. The van der Waals surface area contributed by atoms with Gasteiger partial charge in [0.2, 0.25) is 0 Å². The van der Waals surface area contributed by atoms with Gasteiger partial charge in [-0.2, -0.15) is 0 Å². The van der Waals surface area contributed by atoms with E-state index in [1.54, 1.807) is 0 Å². The highest BCUT2D eigenvalue weighted by Gasteiger charge is 2.37. The van der Waals surface area contributed by atoms with Gasteiger partial charge in [-0.3, -0.25) is 0 Å². The summed E-state index contributed by atoms with van der Waals surface area (Å²) in [5.41, 5.74) is 31.7. The van der Waals surface area contributed by atoms with Crippen LogP contribution in [0.4, 0.5) is 34.1 Å². The van der Waals surface area contributed by atoms with Crippen molar-refractivity contribution in [3.8, 4) is 78.1 Å². The van der Waals surface area contributed by atoms with Crippen molar-refractivity contribution < 1.29 is 4.42 Å². The zero-order valence-electron chi connectivity index (χ0n) is 64.0. The van der Waals surface area contributed by atoms with Crippen molar-refractivity contribution in [3.05, 3.63) is 424 Å². The zero-order chi connectivity index (χ0) is 76.7. The number of benzene rings is 19. The van der Waals surface area contributed by atoms with Gasteiger partial charge in [0.05, 0.1) is 33.4 Å². The number of hydrogen-bond donors (Lipinski definition) is 0. The van der Waals surface area contributed by atoms with Crippen LogP contribution in [-0.2, 0) is 5.41 Å². The number of para-hydroxylation sites is 4. The van der Waals surface area contributed by atoms with E-state index in [1.807, 2.05) is 0 Å². The summed E-state index contributed by atoms with van der Waals surface area (Å²) in [4.78, 5) is 4.80. The van der Waals surface area contributed by atoms with E-state index in [9.17, 15) is 0 Å². The first-order chi connectivity index (χ1) is 57.3. The Labute approximate surface area is 671 Å². The quantitative estimate of drug-likeness (QED) is 0.115. The number of rotatable bonds is 13. The number of aromatic nitrogens is 2. The average molecular weight is 1480 g/mol. The lowest BCUT2D eigenvalue weighted by molar-refractivity contribution is 0.660. The Balaban J connectivity index is 0.549. The number of fused-ring (bicyclic) bond motifs is 17. The summed E-state index contributed by atoms with van der Waals surface area (Å²) in [6, 6.07) is 152. The molecule has 23 rings (SSSR count). The van der Waals surface area contributed by atoms with E-state index < -0.39 is 0 Å². The van der Waals surface area contributed by atoms with Crippen molar-refractivity contribution in [2.75, 3.05) is 9.80 Å². The summed E-state index contributed by atoms with van der Waals surface area (Å²) in [5, 5.41) is 14.5. The molecule has 3 heterocycles. The molecule has 0 N–H and O–H groups in total. The standard InChI is InChI=1S/C111H74N4O/c1-111(2)100-62-49-83(67-97(100)93-61-59-89(70-101(93)111)113(106-36-19-34-96-94-33-15-16-37-107(94)116-110(96)106)88-57-46-75(47-58-88)81-51-63-103-98(68-81)95-60-48-78-22-11-14-32-92(78)109(95)115(103)85-28-7-4-8-29-85)80-25-17-24-79(66-80)74-44-55-87(56-45-74)112(102-35-18-23-76-20-9-12-30-90(76)102)86-53-42-72(43-54-86)71-38-40-73(41-39-71)82-52-64-104-99(69-82)108-91-31-13-10-21-77(91)50-65-105(108)114(104)84-26-5-3-6-27-84/h3-70H,1-2H3. The van der Waals surface area contributed by atoms with Crippen LogP contribution < -0.4 is 9.80 Å². The van der Waals surface area contributed by atoms with Gasteiger partial charge in [-0.25, -0.2) is 0 Å². The Bertz CT molecular complexity index is 7690. The molecule has 0 spiro atoms. The summed E-state index contributed by atoms with van der Waals surface area (Å²) < 4.78 is 11.7. The minimum atomic E-state index is -0.296. The van der Waals surface area contributed by atoms with E-state index in [0.717, 1.165) is 95.3 Å². The molecule has 0 fully saturated rings. The highest BCUT2D eigenvalue weighted by Crippen LogP contribution is 2.54. The van der Waals surface area contributed by atoms with E-state index in [4.69, 9.17) is 4.42 Å². The molecule has 0 amide bonds. The van der Waals surface area contributed by atoms with Crippen LogP contribution in [0.2, 0.25) is 0 Å². The molecule has 0 saturated heterocycles. The van der Waals surface area contributed by atoms with Gasteiger partial charge in [-0.1, -0.05) is 293 Å². The number of nitrogens with zero attached hydrogens (tertiary/aromatic N) is 4. The van der Waals surface area contributed by atoms with Crippen molar-refractivity contribution in [2.45, 2.75) is 19.3 Å². The Hall–Kier alpha value is -15.0. The SMILES string of the molecule is CC1(C)c2ccc(-c3cccc(-c4ccc(N(c5ccc(-c6ccc(-c7ccc8c(c7)c7c9ccccc9ccc7n8-c7ccccc7)cc6)cc5)c5cccc6ccccc56)cc4)c3)cc2-c2ccc(N(c3ccc(-c4ccc5c(c4)c4ccc6ccccc6c4n5-c4ccccc4)cc3)c3cccc4c3oc3ccccc34)cc21. The van der Waals surface area contributed by atoms with E-state index in [0.29, 0.717) is 0 Å². The Morgan fingerprint density at radius 1 is 0.241 bits per heavy atom. The van der Waals surface area contributed by atoms with Gasteiger partial charge >= 0.3 is 0 Å². The van der Waals surface area contributed by atoms with Crippen molar-refractivity contribution in [2.24, 2.45) is 0 Å². The second-order valence-electron chi connectivity index (χ2n) is 31.5. The third kappa shape index (κ3) is 10.8. The second-order valence-corrected chi connectivity index (χ2v) is 31.5. The maximum absolute atomic E-state index is 6.88. The molecule has 0 bridgehead atoms. The molecule has 19 aromatic carbocycles. The minimum absolute atomic E-state index is 0.296. The normalized spacial score (nSPS) is 12.5. The Morgan fingerprint density at radius 2 is 0.681 bits per heavy atom. The highest BCUT2D eigenvalue weighted by molar-refractivity contribution is 6.23. The Kier molecular flexibility index (Phi) is 15.3. The Morgan fingerprint density at radius 3 is 1.35 bits per heavy atom. The average Bonchev–Trinajstić information content (AvgIpc) is 1.58. The van der Waals surface area contributed by atoms with Gasteiger partial charge in [0.25, 0.3) is 0 Å².